The molecule has 88 valence electrons. The van der Waals surface area contributed by atoms with Crippen molar-refractivity contribution in [3.8, 4) is 0 Å². The molecule has 1 atom stereocenters. The fraction of sp³-hybridized carbons (Fsp3) is 0.500. The zero-order valence-electron chi connectivity index (χ0n) is 8.99. The Balaban J connectivity index is 2.23. The molecule has 0 saturated heterocycles. The van der Waals surface area contributed by atoms with Gasteiger partial charge in [0.05, 0.1) is 6.10 Å². The number of thioether (sulfide) groups is 1. The highest BCUT2D eigenvalue weighted by Crippen LogP contribution is 2.51. The van der Waals surface area contributed by atoms with Crippen molar-refractivity contribution in [2.75, 3.05) is 0 Å². The van der Waals surface area contributed by atoms with E-state index >= 15 is 0 Å². The Hall–Kier alpha value is -0.610. The maximum absolute atomic E-state index is 12.2. The first-order valence-electron chi connectivity index (χ1n) is 5.28. The summed E-state index contributed by atoms with van der Waals surface area (Å²) in [5, 5.41) is 9.71. The third-order valence-corrected chi connectivity index (χ3v) is 3.93. The zero-order valence-corrected chi connectivity index (χ0v) is 9.81. The molecule has 1 saturated carbocycles. The molecule has 4 heteroatoms. The zero-order chi connectivity index (χ0) is 11.8. The molecule has 1 aliphatic rings. The summed E-state index contributed by atoms with van der Waals surface area (Å²) in [4.78, 5) is 0.569. The maximum atomic E-state index is 12.2. The van der Waals surface area contributed by atoms with Crippen molar-refractivity contribution in [1.82, 2.24) is 0 Å². The highest BCUT2D eigenvalue weighted by Gasteiger charge is 2.48. The lowest BCUT2D eigenvalue weighted by atomic mass is 9.91. The topological polar surface area (TPSA) is 20.2 Å². The van der Waals surface area contributed by atoms with Crippen molar-refractivity contribution >= 4 is 11.8 Å². The summed E-state index contributed by atoms with van der Waals surface area (Å²) in [5.74, 6) is -2.39. The minimum absolute atomic E-state index is 0.182. The number of aliphatic hydroxyl groups excluding tert-OH is 1. The van der Waals surface area contributed by atoms with Crippen LogP contribution in [0, 0.1) is 0 Å². The van der Waals surface area contributed by atoms with Gasteiger partial charge in [-0.2, -0.15) is 8.78 Å². The van der Waals surface area contributed by atoms with Gasteiger partial charge in [-0.15, -0.1) is 0 Å². The van der Waals surface area contributed by atoms with E-state index in [1.807, 2.05) is 6.07 Å². The van der Waals surface area contributed by atoms with Crippen molar-refractivity contribution < 1.29 is 13.9 Å². The Morgan fingerprint density at radius 1 is 1.38 bits per heavy atom. The summed E-state index contributed by atoms with van der Waals surface area (Å²) < 4.78 is 24.5. The first-order valence-corrected chi connectivity index (χ1v) is 6.16. The number of benzene rings is 1. The highest BCUT2D eigenvalue weighted by molar-refractivity contribution is 7.99. The van der Waals surface area contributed by atoms with E-state index in [-0.39, 0.29) is 5.41 Å². The predicted octanol–water partition coefficient (Wildman–Crippen LogP) is 3.41. The van der Waals surface area contributed by atoms with Crippen LogP contribution in [0.1, 0.15) is 25.3 Å². The van der Waals surface area contributed by atoms with E-state index in [4.69, 9.17) is 0 Å². The van der Waals surface area contributed by atoms with Crippen LogP contribution < -0.4 is 0 Å². The van der Waals surface area contributed by atoms with Gasteiger partial charge >= 0.3 is 0 Å². The van der Waals surface area contributed by atoms with E-state index in [0.29, 0.717) is 16.7 Å². The molecule has 1 aromatic rings. The van der Waals surface area contributed by atoms with E-state index in [2.05, 4.69) is 0 Å². The molecular weight excluding hydrogens is 230 g/mol. The second kappa shape index (κ2) is 4.34. The molecule has 0 amide bonds. The lowest BCUT2D eigenvalue weighted by Gasteiger charge is -2.19. The quantitative estimate of drug-likeness (QED) is 0.819. The summed E-state index contributed by atoms with van der Waals surface area (Å²) in [5.41, 5.74) is 0.798. The van der Waals surface area contributed by atoms with Gasteiger partial charge in [-0.1, -0.05) is 23.9 Å². The number of alkyl halides is 2. The number of aliphatic hydroxyl groups is 1. The maximum Gasteiger partial charge on any atom is 0.288 e. The van der Waals surface area contributed by atoms with Gasteiger partial charge in [0.1, 0.15) is 0 Å². The Kier molecular flexibility index (Phi) is 3.22. The standard InChI is InChI=1S/C12H14F2OS/c1-8(15)12(5-6-12)9-3-2-4-10(7-9)16-11(13)14/h2-4,7-8,11,15H,5-6H2,1H3. The summed E-state index contributed by atoms with van der Waals surface area (Å²) in [6.07, 6.45) is 1.46. The molecule has 1 N–H and O–H groups in total. The summed E-state index contributed by atoms with van der Waals surface area (Å²) in [6.45, 7) is 1.76. The second-order valence-electron chi connectivity index (χ2n) is 4.24. The lowest BCUT2D eigenvalue weighted by Crippen LogP contribution is -2.22. The largest absolute Gasteiger partial charge is 0.392 e. The van der Waals surface area contributed by atoms with Crippen molar-refractivity contribution in [2.24, 2.45) is 0 Å². The van der Waals surface area contributed by atoms with Gasteiger partial charge in [0.15, 0.2) is 0 Å². The van der Waals surface area contributed by atoms with Gasteiger partial charge in [0.2, 0.25) is 0 Å². The summed E-state index contributed by atoms with van der Waals surface area (Å²) in [6, 6.07) is 7.15. The van der Waals surface area contributed by atoms with E-state index in [9.17, 15) is 13.9 Å². The van der Waals surface area contributed by atoms with E-state index in [1.54, 1.807) is 25.1 Å². The Morgan fingerprint density at radius 2 is 2.06 bits per heavy atom. The molecule has 16 heavy (non-hydrogen) atoms. The number of halogens is 2. The van der Waals surface area contributed by atoms with Crippen molar-refractivity contribution in [3.05, 3.63) is 29.8 Å². The fourth-order valence-electron chi connectivity index (χ4n) is 2.06. The highest BCUT2D eigenvalue weighted by atomic mass is 32.2. The fourth-order valence-corrected chi connectivity index (χ4v) is 2.62. The molecule has 0 heterocycles. The van der Waals surface area contributed by atoms with Crippen LogP contribution in [0.25, 0.3) is 0 Å². The molecule has 0 aromatic heterocycles. The van der Waals surface area contributed by atoms with Crippen molar-refractivity contribution in [2.45, 2.75) is 41.9 Å². The smallest absolute Gasteiger partial charge is 0.288 e. The molecule has 1 nitrogen and oxygen atoms in total. The minimum atomic E-state index is -2.39. The van der Waals surface area contributed by atoms with Gasteiger partial charge in [-0.25, -0.2) is 0 Å². The molecule has 1 fully saturated rings. The molecule has 1 unspecified atom stereocenters. The average Bonchev–Trinajstić information content (AvgIpc) is 2.97. The molecule has 2 rings (SSSR count). The average molecular weight is 244 g/mol. The van der Waals surface area contributed by atoms with Crippen LogP contribution in [0.4, 0.5) is 8.78 Å². The first kappa shape index (κ1) is 11.9. The van der Waals surface area contributed by atoms with Crippen LogP contribution in [-0.2, 0) is 5.41 Å². The predicted molar refractivity (Wildman–Crippen MR) is 60.9 cm³/mol. The van der Waals surface area contributed by atoms with Crippen LogP contribution in [-0.4, -0.2) is 17.0 Å². The normalized spacial score (nSPS) is 19.8. The summed E-state index contributed by atoms with van der Waals surface area (Å²) in [7, 11) is 0. The summed E-state index contributed by atoms with van der Waals surface area (Å²) >= 11 is 0.553. The van der Waals surface area contributed by atoms with Gasteiger partial charge in [0.25, 0.3) is 5.76 Å². The van der Waals surface area contributed by atoms with Crippen LogP contribution >= 0.6 is 11.8 Å². The molecule has 0 spiro atoms. The molecule has 0 bridgehead atoms. The van der Waals surface area contributed by atoms with E-state index in [0.717, 1.165) is 18.4 Å². The van der Waals surface area contributed by atoms with Crippen LogP contribution in [0.15, 0.2) is 29.2 Å². The molecule has 1 aliphatic carbocycles. The number of rotatable bonds is 4. The van der Waals surface area contributed by atoms with E-state index < -0.39 is 11.9 Å². The molecule has 0 aliphatic heterocycles. The Labute approximate surface area is 97.9 Å². The second-order valence-corrected chi connectivity index (χ2v) is 5.30. The number of hydrogen-bond acceptors (Lipinski definition) is 2. The number of hydrogen-bond donors (Lipinski definition) is 1. The SMILES string of the molecule is CC(O)C1(c2cccc(SC(F)F)c2)CC1. The lowest BCUT2D eigenvalue weighted by molar-refractivity contribution is 0.150. The Morgan fingerprint density at radius 3 is 2.56 bits per heavy atom. The van der Waals surface area contributed by atoms with Crippen LogP contribution in [0.2, 0.25) is 0 Å². The van der Waals surface area contributed by atoms with Gasteiger partial charge in [-0.05, 0) is 37.5 Å². The first-order chi connectivity index (χ1) is 7.54. The van der Waals surface area contributed by atoms with E-state index in [1.165, 1.54) is 0 Å². The van der Waals surface area contributed by atoms with Crippen LogP contribution in [0.3, 0.4) is 0 Å². The Bertz CT molecular complexity index is 375. The van der Waals surface area contributed by atoms with Crippen molar-refractivity contribution in [3.63, 3.8) is 0 Å². The molecule has 0 radical (unpaired) electrons. The third-order valence-electron chi connectivity index (χ3n) is 3.22. The minimum Gasteiger partial charge on any atom is -0.392 e. The van der Waals surface area contributed by atoms with Gasteiger partial charge < -0.3 is 5.11 Å². The van der Waals surface area contributed by atoms with Crippen LogP contribution in [0.5, 0.6) is 0 Å². The molecular formula is C12H14F2OS. The van der Waals surface area contributed by atoms with Crippen molar-refractivity contribution in [1.29, 1.82) is 0 Å². The van der Waals surface area contributed by atoms with Gasteiger partial charge in [-0.3, -0.25) is 0 Å². The molecule has 1 aromatic carbocycles. The van der Waals surface area contributed by atoms with Gasteiger partial charge in [0, 0.05) is 10.3 Å². The monoisotopic (exact) mass is 244 g/mol. The third kappa shape index (κ3) is 2.23.